The number of halogens is 1. The number of carbonyl (C=O) groups is 1. The first-order chi connectivity index (χ1) is 16.0. The predicted octanol–water partition coefficient (Wildman–Crippen LogP) is 4.02. The molecule has 0 saturated carbocycles. The minimum absolute atomic E-state index is 0.0347. The molecule has 2 heterocycles. The van der Waals surface area contributed by atoms with Crippen LogP contribution in [0, 0.1) is 0 Å². The van der Waals surface area contributed by atoms with Gasteiger partial charge >= 0.3 is 0 Å². The Morgan fingerprint density at radius 1 is 1.15 bits per heavy atom. The SMILES string of the molecule is CCC(=O)NCCCN1CCCC1Cn1nc(Cc2ccc(Cl)cc2)c2ccccc2c1=O. The number of hydrogen-bond acceptors (Lipinski definition) is 4. The van der Waals surface area contributed by atoms with Gasteiger partial charge in [-0.25, -0.2) is 4.68 Å². The van der Waals surface area contributed by atoms with Gasteiger partial charge in [0.1, 0.15) is 0 Å². The van der Waals surface area contributed by atoms with E-state index in [1.165, 1.54) is 0 Å². The molecule has 174 valence electrons. The van der Waals surface area contributed by atoms with Crippen molar-refractivity contribution in [1.82, 2.24) is 20.0 Å². The van der Waals surface area contributed by atoms with Crippen molar-refractivity contribution >= 4 is 28.3 Å². The molecule has 0 bridgehead atoms. The van der Waals surface area contributed by atoms with Crippen LogP contribution in [0.25, 0.3) is 10.8 Å². The van der Waals surface area contributed by atoms with Crippen LogP contribution in [0.5, 0.6) is 0 Å². The molecule has 1 aliphatic heterocycles. The van der Waals surface area contributed by atoms with Gasteiger partial charge in [-0.1, -0.05) is 48.9 Å². The van der Waals surface area contributed by atoms with Crippen molar-refractivity contribution in [2.75, 3.05) is 19.6 Å². The number of nitrogens with zero attached hydrogens (tertiary/aromatic N) is 3. The van der Waals surface area contributed by atoms with Gasteiger partial charge in [-0.05, 0) is 49.6 Å². The van der Waals surface area contributed by atoms with Crippen LogP contribution in [0.1, 0.15) is 43.9 Å². The molecule has 1 saturated heterocycles. The van der Waals surface area contributed by atoms with Crippen molar-refractivity contribution < 1.29 is 4.79 Å². The van der Waals surface area contributed by atoms with E-state index in [0.29, 0.717) is 36.3 Å². The van der Waals surface area contributed by atoms with Gasteiger partial charge in [0.15, 0.2) is 0 Å². The molecule has 33 heavy (non-hydrogen) atoms. The summed E-state index contributed by atoms with van der Waals surface area (Å²) in [5.41, 5.74) is 1.98. The Hall–Kier alpha value is -2.70. The molecule has 1 N–H and O–H groups in total. The standard InChI is InChI=1S/C26H31ClN4O2/c1-2-25(32)28-14-6-16-30-15-5-7-21(30)18-31-26(33)23-9-4-3-8-22(23)24(29-31)17-19-10-12-20(27)13-11-19/h3-4,8-13,21H,2,5-7,14-18H2,1H3,(H,28,32). The highest BCUT2D eigenvalue weighted by atomic mass is 35.5. The maximum absolute atomic E-state index is 13.3. The smallest absolute Gasteiger partial charge is 0.274 e. The van der Waals surface area contributed by atoms with Gasteiger partial charge in [-0.2, -0.15) is 5.10 Å². The summed E-state index contributed by atoms with van der Waals surface area (Å²) >= 11 is 6.05. The van der Waals surface area contributed by atoms with Crippen LogP contribution in [0.3, 0.4) is 0 Å². The first kappa shape index (κ1) is 23.5. The highest BCUT2D eigenvalue weighted by Gasteiger charge is 2.25. The topological polar surface area (TPSA) is 67.2 Å². The fraction of sp³-hybridized carbons (Fsp3) is 0.423. The molecule has 1 amide bonds. The lowest BCUT2D eigenvalue weighted by atomic mass is 10.0. The van der Waals surface area contributed by atoms with Crippen molar-refractivity contribution in [2.45, 2.75) is 51.6 Å². The van der Waals surface area contributed by atoms with Gasteiger partial charge < -0.3 is 5.32 Å². The molecule has 7 heteroatoms. The third kappa shape index (κ3) is 5.81. The summed E-state index contributed by atoms with van der Waals surface area (Å²) in [5, 5.41) is 10.1. The molecule has 1 aromatic heterocycles. The summed E-state index contributed by atoms with van der Waals surface area (Å²) in [4.78, 5) is 27.1. The molecule has 1 atom stereocenters. The van der Waals surface area contributed by atoms with Crippen LogP contribution in [0.15, 0.2) is 53.3 Å². The van der Waals surface area contributed by atoms with Crippen LogP contribution < -0.4 is 10.9 Å². The van der Waals surface area contributed by atoms with E-state index in [0.717, 1.165) is 49.0 Å². The molecular weight excluding hydrogens is 436 g/mol. The Bertz CT molecular complexity index is 1160. The third-order valence-corrected chi connectivity index (χ3v) is 6.63. The number of nitrogens with one attached hydrogen (secondary N) is 1. The molecular formula is C26H31ClN4O2. The summed E-state index contributed by atoms with van der Waals surface area (Å²) in [6.45, 7) is 5.07. The number of carbonyl (C=O) groups excluding carboxylic acids is 1. The Kier molecular flexibility index (Phi) is 7.78. The monoisotopic (exact) mass is 466 g/mol. The summed E-state index contributed by atoms with van der Waals surface area (Å²) in [5.74, 6) is 0.0908. The molecule has 1 unspecified atom stereocenters. The number of benzene rings is 2. The first-order valence-electron chi connectivity index (χ1n) is 11.8. The third-order valence-electron chi connectivity index (χ3n) is 6.38. The van der Waals surface area contributed by atoms with Crippen LogP contribution in [-0.2, 0) is 17.8 Å². The zero-order valence-electron chi connectivity index (χ0n) is 19.1. The average molecular weight is 467 g/mol. The first-order valence-corrected chi connectivity index (χ1v) is 12.2. The quantitative estimate of drug-likeness (QED) is 0.483. The van der Waals surface area contributed by atoms with E-state index in [-0.39, 0.29) is 17.5 Å². The second-order valence-corrected chi connectivity index (χ2v) is 9.11. The predicted molar refractivity (Wildman–Crippen MR) is 133 cm³/mol. The molecule has 1 aliphatic rings. The highest BCUT2D eigenvalue weighted by molar-refractivity contribution is 6.30. The highest BCUT2D eigenvalue weighted by Crippen LogP contribution is 2.21. The zero-order chi connectivity index (χ0) is 23.2. The Morgan fingerprint density at radius 3 is 2.67 bits per heavy atom. The van der Waals surface area contributed by atoms with Gasteiger partial charge in [0.25, 0.3) is 5.56 Å². The zero-order valence-corrected chi connectivity index (χ0v) is 19.9. The minimum Gasteiger partial charge on any atom is -0.356 e. The van der Waals surface area contributed by atoms with Crippen LogP contribution in [0.2, 0.25) is 5.02 Å². The Morgan fingerprint density at radius 2 is 1.91 bits per heavy atom. The van der Waals surface area contributed by atoms with E-state index < -0.39 is 0 Å². The normalized spacial score (nSPS) is 16.4. The molecule has 0 spiro atoms. The Balaban J connectivity index is 1.53. The number of amides is 1. The molecule has 0 aliphatic carbocycles. The van der Waals surface area contributed by atoms with Gasteiger partial charge in [0.2, 0.25) is 5.91 Å². The number of fused-ring (bicyclic) bond motifs is 1. The largest absolute Gasteiger partial charge is 0.356 e. The van der Waals surface area contributed by atoms with E-state index in [4.69, 9.17) is 16.7 Å². The van der Waals surface area contributed by atoms with Crippen molar-refractivity contribution in [2.24, 2.45) is 0 Å². The van der Waals surface area contributed by atoms with Gasteiger partial charge in [0, 0.05) is 42.4 Å². The maximum atomic E-state index is 13.3. The summed E-state index contributed by atoms with van der Waals surface area (Å²) < 4.78 is 1.66. The summed E-state index contributed by atoms with van der Waals surface area (Å²) in [7, 11) is 0. The maximum Gasteiger partial charge on any atom is 0.274 e. The van der Waals surface area contributed by atoms with Crippen molar-refractivity contribution in [3.8, 4) is 0 Å². The second kappa shape index (κ2) is 10.9. The second-order valence-electron chi connectivity index (χ2n) is 8.67. The molecule has 4 rings (SSSR count). The van der Waals surface area contributed by atoms with E-state index >= 15 is 0 Å². The Labute approximate surface area is 199 Å². The molecule has 3 aromatic rings. The summed E-state index contributed by atoms with van der Waals surface area (Å²) in [6, 6.07) is 15.8. The van der Waals surface area contributed by atoms with E-state index in [9.17, 15) is 9.59 Å². The lowest BCUT2D eigenvalue weighted by molar-refractivity contribution is -0.120. The van der Waals surface area contributed by atoms with Crippen LogP contribution >= 0.6 is 11.6 Å². The van der Waals surface area contributed by atoms with Crippen LogP contribution in [-0.4, -0.2) is 46.3 Å². The number of likely N-dealkylation sites (tertiary alicyclic amines) is 1. The fourth-order valence-corrected chi connectivity index (χ4v) is 4.71. The number of aromatic nitrogens is 2. The van der Waals surface area contributed by atoms with Crippen molar-refractivity contribution in [3.05, 3.63) is 75.2 Å². The average Bonchev–Trinajstić information content (AvgIpc) is 3.27. The lowest BCUT2D eigenvalue weighted by Crippen LogP contribution is -2.39. The van der Waals surface area contributed by atoms with E-state index in [1.807, 2.05) is 55.5 Å². The molecule has 2 aromatic carbocycles. The van der Waals surface area contributed by atoms with Gasteiger partial charge in [-0.3, -0.25) is 14.5 Å². The minimum atomic E-state index is -0.0347. The number of rotatable bonds is 9. The van der Waals surface area contributed by atoms with Gasteiger partial charge in [0.05, 0.1) is 17.6 Å². The molecule has 0 radical (unpaired) electrons. The molecule has 6 nitrogen and oxygen atoms in total. The molecule has 1 fully saturated rings. The summed E-state index contributed by atoms with van der Waals surface area (Å²) in [6.07, 6.45) is 4.23. The van der Waals surface area contributed by atoms with Crippen molar-refractivity contribution in [3.63, 3.8) is 0 Å². The lowest BCUT2D eigenvalue weighted by Gasteiger charge is -2.25. The van der Waals surface area contributed by atoms with E-state index in [1.54, 1.807) is 4.68 Å². The number of hydrogen-bond donors (Lipinski definition) is 1. The van der Waals surface area contributed by atoms with Crippen molar-refractivity contribution in [1.29, 1.82) is 0 Å². The van der Waals surface area contributed by atoms with E-state index in [2.05, 4.69) is 10.2 Å². The van der Waals surface area contributed by atoms with Gasteiger partial charge in [-0.15, -0.1) is 0 Å². The van der Waals surface area contributed by atoms with Crippen LogP contribution in [0.4, 0.5) is 0 Å². The fourth-order valence-electron chi connectivity index (χ4n) is 4.59.